The van der Waals surface area contributed by atoms with Crippen LogP contribution in [0.1, 0.15) is 37.3 Å². The molecule has 2 amide bonds. The van der Waals surface area contributed by atoms with Crippen molar-refractivity contribution in [1.29, 1.82) is 0 Å². The Hall–Kier alpha value is -3.07. The van der Waals surface area contributed by atoms with Gasteiger partial charge in [-0.05, 0) is 56.3 Å². The van der Waals surface area contributed by atoms with E-state index in [2.05, 4.69) is 15.6 Å². The first-order chi connectivity index (χ1) is 14.7. The number of hydrogen-bond donors (Lipinski definition) is 3. The Bertz CT molecular complexity index is 892. The molecule has 0 bridgehead atoms. The molecule has 2 aromatic rings. The number of aromatic nitrogens is 1. The van der Waals surface area contributed by atoms with Crippen LogP contribution in [0.3, 0.4) is 0 Å². The lowest BCUT2D eigenvalue weighted by molar-refractivity contribution is -0.126. The maximum atomic E-state index is 13.8. The van der Waals surface area contributed by atoms with Crippen molar-refractivity contribution in [2.45, 2.75) is 38.8 Å². The number of rotatable bonds is 10. The topological polar surface area (TPSA) is 100 Å². The number of nitrogen functional groups attached to an aromatic ring is 1. The minimum absolute atomic E-state index is 0.0555. The number of carbonyl (C=O) groups is 2. The molecule has 0 fully saturated rings. The summed E-state index contributed by atoms with van der Waals surface area (Å²) in [5, 5.41) is 5.50. The number of amides is 2. The van der Waals surface area contributed by atoms with Gasteiger partial charge in [0.2, 0.25) is 11.8 Å². The van der Waals surface area contributed by atoms with E-state index in [4.69, 9.17) is 5.73 Å². The second-order valence-electron chi connectivity index (χ2n) is 7.44. The molecular formula is C22H29F2N5O2. The van der Waals surface area contributed by atoms with Gasteiger partial charge in [-0.15, -0.1) is 0 Å². The number of nitrogens with one attached hydrogen (secondary N) is 2. The quantitative estimate of drug-likeness (QED) is 0.533. The Kier molecular flexibility index (Phi) is 8.87. The van der Waals surface area contributed by atoms with Crippen LogP contribution in [0.2, 0.25) is 0 Å². The molecule has 0 aliphatic rings. The summed E-state index contributed by atoms with van der Waals surface area (Å²) in [5.74, 6) is -3.28. The molecule has 0 radical (unpaired) electrons. The number of benzene rings is 1. The summed E-state index contributed by atoms with van der Waals surface area (Å²) < 4.78 is 27.2. The standard InChI is InChI=1S/C22H29F2N5O2/c1-4-9-29(3)14(2)21(30)28-13-17(16-6-7-18(23)19(24)10-16)22(31)27-12-15-5-8-20(25)26-11-15/h5-8,10-11,14,17H,4,9,12-13H2,1-3H3,(H2,25,26)(H,27,31)(H,28,30)/t14-,17-/m0/s1. The molecule has 1 aromatic carbocycles. The second-order valence-corrected chi connectivity index (χ2v) is 7.44. The summed E-state index contributed by atoms with van der Waals surface area (Å²) in [6.45, 7) is 4.65. The zero-order valence-electron chi connectivity index (χ0n) is 18.0. The van der Waals surface area contributed by atoms with Gasteiger partial charge in [0.1, 0.15) is 5.82 Å². The van der Waals surface area contributed by atoms with Gasteiger partial charge in [0.15, 0.2) is 11.6 Å². The molecule has 4 N–H and O–H groups in total. The van der Waals surface area contributed by atoms with E-state index in [1.54, 1.807) is 19.1 Å². The number of nitrogens with zero attached hydrogens (tertiary/aromatic N) is 2. The van der Waals surface area contributed by atoms with Crippen molar-refractivity contribution in [3.8, 4) is 0 Å². The first-order valence-corrected chi connectivity index (χ1v) is 10.1. The number of anilines is 1. The van der Waals surface area contributed by atoms with E-state index in [1.807, 2.05) is 18.9 Å². The van der Waals surface area contributed by atoms with Crippen LogP contribution in [0.15, 0.2) is 36.5 Å². The van der Waals surface area contributed by atoms with E-state index in [9.17, 15) is 18.4 Å². The molecule has 0 aliphatic carbocycles. The lowest BCUT2D eigenvalue weighted by Gasteiger charge is -2.24. The first-order valence-electron chi connectivity index (χ1n) is 10.1. The average Bonchev–Trinajstić information content (AvgIpc) is 2.75. The third-order valence-corrected chi connectivity index (χ3v) is 5.07. The van der Waals surface area contributed by atoms with Crippen LogP contribution in [-0.2, 0) is 16.1 Å². The Morgan fingerprint density at radius 1 is 1.13 bits per heavy atom. The van der Waals surface area contributed by atoms with E-state index in [0.717, 1.165) is 30.7 Å². The molecule has 1 heterocycles. The zero-order valence-corrected chi connectivity index (χ0v) is 18.0. The monoisotopic (exact) mass is 433 g/mol. The number of likely N-dealkylation sites (N-methyl/N-ethyl adjacent to an activating group) is 1. The van der Waals surface area contributed by atoms with Gasteiger partial charge in [0.05, 0.1) is 12.0 Å². The van der Waals surface area contributed by atoms with Crippen molar-refractivity contribution in [2.24, 2.45) is 0 Å². The highest BCUT2D eigenvalue weighted by Crippen LogP contribution is 2.19. The van der Waals surface area contributed by atoms with Crippen LogP contribution in [0.5, 0.6) is 0 Å². The molecular weight excluding hydrogens is 404 g/mol. The molecule has 0 saturated carbocycles. The summed E-state index contributed by atoms with van der Waals surface area (Å²) in [5.41, 5.74) is 6.55. The summed E-state index contributed by atoms with van der Waals surface area (Å²) in [4.78, 5) is 31.2. The van der Waals surface area contributed by atoms with E-state index < -0.39 is 29.5 Å². The molecule has 31 heavy (non-hydrogen) atoms. The zero-order chi connectivity index (χ0) is 23.0. The largest absolute Gasteiger partial charge is 0.384 e. The van der Waals surface area contributed by atoms with Crippen LogP contribution in [0.4, 0.5) is 14.6 Å². The highest BCUT2D eigenvalue weighted by molar-refractivity contribution is 5.86. The third-order valence-electron chi connectivity index (χ3n) is 5.07. The summed E-state index contributed by atoms with van der Waals surface area (Å²) in [7, 11) is 1.84. The van der Waals surface area contributed by atoms with Crippen molar-refractivity contribution in [1.82, 2.24) is 20.5 Å². The highest BCUT2D eigenvalue weighted by Gasteiger charge is 2.25. The molecule has 2 atom stereocenters. The summed E-state index contributed by atoms with van der Waals surface area (Å²) in [6, 6.07) is 6.23. The van der Waals surface area contributed by atoms with E-state index >= 15 is 0 Å². The van der Waals surface area contributed by atoms with Crippen molar-refractivity contribution in [3.63, 3.8) is 0 Å². The number of hydrogen-bond acceptors (Lipinski definition) is 5. The molecule has 0 spiro atoms. The van der Waals surface area contributed by atoms with Gasteiger partial charge in [-0.2, -0.15) is 0 Å². The van der Waals surface area contributed by atoms with Crippen LogP contribution >= 0.6 is 0 Å². The fourth-order valence-corrected chi connectivity index (χ4v) is 3.04. The first kappa shape index (κ1) is 24.2. The van der Waals surface area contributed by atoms with Crippen LogP contribution in [0.25, 0.3) is 0 Å². The predicted octanol–water partition coefficient (Wildman–Crippen LogP) is 2.19. The van der Waals surface area contributed by atoms with Gasteiger partial charge in [-0.3, -0.25) is 14.5 Å². The van der Waals surface area contributed by atoms with Gasteiger partial charge < -0.3 is 16.4 Å². The lowest BCUT2D eigenvalue weighted by atomic mass is 9.97. The van der Waals surface area contributed by atoms with Crippen molar-refractivity contribution < 1.29 is 18.4 Å². The van der Waals surface area contributed by atoms with Crippen LogP contribution in [0, 0.1) is 11.6 Å². The minimum atomic E-state index is -1.06. The maximum Gasteiger partial charge on any atom is 0.237 e. The molecule has 7 nitrogen and oxygen atoms in total. The fourth-order valence-electron chi connectivity index (χ4n) is 3.04. The smallest absolute Gasteiger partial charge is 0.237 e. The van der Waals surface area contributed by atoms with Crippen molar-refractivity contribution >= 4 is 17.6 Å². The van der Waals surface area contributed by atoms with Crippen LogP contribution < -0.4 is 16.4 Å². The number of carbonyl (C=O) groups excluding carboxylic acids is 2. The molecule has 9 heteroatoms. The number of pyridine rings is 1. The lowest BCUT2D eigenvalue weighted by Crippen LogP contribution is -2.46. The maximum absolute atomic E-state index is 13.8. The van der Waals surface area contributed by atoms with E-state index in [-0.39, 0.29) is 24.6 Å². The summed E-state index contributed by atoms with van der Waals surface area (Å²) >= 11 is 0. The minimum Gasteiger partial charge on any atom is -0.384 e. The molecule has 0 aliphatic heterocycles. The van der Waals surface area contributed by atoms with Crippen molar-refractivity contribution in [3.05, 3.63) is 59.3 Å². The van der Waals surface area contributed by atoms with Gasteiger partial charge in [-0.1, -0.05) is 19.1 Å². The Labute approximate surface area is 181 Å². The highest BCUT2D eigenvalue weighted by atomic mass is 19.2. The van der Waals surface area contributed by atoms with Gasteiger partial charge in [-0.25, -0.2) is 13.8 Å². The molecule has 1 aromatic heterocycles. The second kappa shape index (κ2) is 11.4. The Balaban J connectivity index is 2.12. The Morgan fingerprint density at radius 2 is 1.87 bits per heavy atom. The van der Waals surface area contributed by atoms with Gasteiger partial charge in [0, 0.05) is 19.3 Å². The number of halogens is 2. The van der Waals surface area contributed by atoms with Crippen molar-refractivity contribution in [2.75, 3.05) is 25.9 Å². The molecule has 0 unspecified atom stereocenters. The third kappa shape index (κ3) is 6.99. The fraction of sp³-hybridized carbons (Fsp3) is 0.409. The van der Waals surface area contributed by atoms with Gasteiger partial charge >= 0.3 is 0 Å². The molecule has 0 saturated heterocycles. The average molecular weight is 434 g/mol. The molecule has 2 rings (SSSR count). The van der Waals surface area contributed by atoms with Crippen LogP contribution in [-0.4, -0.2) is 47.9 Å². The predicted molar refractivity (Wildman–Crippen MR) is 115 cm³/mol. The number of nitrogens with two attached hydrogens (primary N) is 1. The normalized spacial score (nSPS) is 13.0. The molecule has 168 valence electrons. The SMILES string of the molecule is CCCN(C)[C@@H](C)C(=O)NC[C@H](C(=O)NCc1ccc(N)nc1)c1ccc(F)c(F)c1. The van der Waals surface area contributed by atoms with E-state index in [1.165, 1.54) is 12.3 Å². The van der Waals surface area contributed by atoms with Gasteiger partial charge in [0.25, 0.3) is 0 Å². The Morgan fingerprint density at radius 3 is 2.48 bits per heavy atom. The van der Waals surface area contributed by atoms with E-state index in [0.29, 0.717) is 5.82 Å². The summed E-state index contributed by atoms with van der Waals surface area (Å²) in [6.07, 6.45) is 2.43.